The fraction of sp³-hybridized carbons (Fsp3) is 0.625. The first kappa shape index (κ1) is 18.1. The number of nitrogens with two attached hydrogens (primary N) is 1. The molecular weight excluding hydrogens is 268 g/mol. The lowest BCUT2D eigenvalue weighted by Crippen LogP contribution is -2.38. The molecule has 0 radical (unpaired) electrons. The van der Waals surface area contributed by atoms with E-state index in [-0.39, 0.29) is 6.04 Å². The maximum atomic E-state index is 6.02. The van der Waals surface area contributed by atoms with Crippen LogP contribution in [0.5, 0.6) is 0 Å². The predicted octanol–water partition coefficient (Wildman–Crippen LogP) is 1.43. The van der Waals surface area contributed by atoms with Gasteiger partial charge >= 0.3 is 0 Å². The number of benzene rings is 1. The molecule has 0 amide bonds. The van der Waals surface area contributed by atoms with E-state index in [2.05, 4.69) is 29.2 Å². The Labute approximate surface area is 128 Å². The zero-order chi connectivity index (χ0) is 15.5. The van der Waals surface area contributed by atoms with E-state index in [1.165, 1.54) is 5.56 Å². The summed E-state index contributed by atoms with van der Waals surface area (Å²) in [6.45, 7) is 4.19. The van der Waals surface area contributed by atoms with Crippen molar-refractivity contribution in [2.75, 3.05) is 54.2 Å². The van der Waals surface area contributed by atoms with Crippen molar-refractivity contribution in [3.63, 3.8) is 0 Å². The zero-order valence-electron chi connectivity index (χ0n) is 13.4. The zero-order valence-corrected chi connectivity index (χ0v) is 13.4. The first-order valence-corrected chi connectivity index (χ1v) is 7.26. The molecule has 0 heterocycles. The molecule has 1 unspecified atom stereocenters. The Bertz CT molecular complexity index is 380. The molecule has 0 bridgehead atoms. The van der Waals surface area contributed by atoms with Gasteiger partial charge in [0.25, 0.3) is 0 Å². The highest BCUT2D eigenvalue weighted by atomic mass is 16.5. The monoisotopic (exact) mass is 296 g/mol. The SMILES string of the molecule is COCCN(CCOC)C(CN)c1cccc(COC)c1. The van der Waals surface area contributed by atoms with Crippen molar-refractivity contribution in [2.45, 2.75) is 12.6 Å². The first-order chi connectivity index (χ1) is 10.3. The second kappa shape index (κ2) is 10.7. The van der Waals surface area contributed by atoms with Gasteiger partial charge in [0.15, 0.2) is 0 Å². The Hall–Kier alpha value is -0.980. The van der Waals surface area contributed by atoms with Crippen LogP contribution in [0.3, 0.4) is 0 Å². The second-order valence-electron chi connectivity index (χ2n) is 4.95. The third-order valence-corrected chi connectivity index (χ3v) is 3.48. The molecule has 2 N–H and O–H groups in total. The highest BCUT2D eigenvalue weighted by Gasteiger charge is 2.19. The summed E-state index contributed by atoms with van der Waals surface area (Å²) in [5.74, 6) is 0. The molecule has 5 heteroatoms. The van der Waals surface area contributed by atoms with Gasteiger partial charge in [-0.1, -0.05) is 24.3 Å². The number of rotatable bonds is 11. The average Bonchev–Trinajstić information content (AvgIpc) is 2.51. The summed E-state index contributed by atoms with van der Waals surface area (Å²) >= 11 is 0. The molecule has 1 rings (SSSR count). The van der Waals surface area contributed by atoms with Gasteiger partial charge in [-0.05, 0) is 11.1 Å². The Balaban J connectivity index is 2.86. The number of methoxy groups -OCH3 is 3. The van der Waals surface area contributed by atoms with Crippen LogP contribution < -0.4 is 5.73 Å². The fourth-order valence-corrected chi connectivity index (χ4v) is 2.39. The summed E-state index contributed by atoms with van der Waals surface area (Å²) in [5.41, 5.74) is 8.39. The van der Waals surface area contributed by atoms with E-state index in [9.17, 15) is 0 Å². The highest BCUT2D eigenvalue weighted by molar-refractivity contribution is 5.26. The molecule has 1 aromatic rings. The van der Waals surface area contributed by atoms with Gasteiger partial charge in [-0.2, -0.15) is 0 Å². The van der Waals surface area contributed by atoms with Gasteiger partial charge in [0, 0.05) is 47.0 Å². The molecule has 0 saturated heterocycles. The van der Waals surface area contributed by atoms with Crippen LogP contribution in [0.1, 0.15) is 17.2 Å². The summed E-state index contributed by atoms with van der Waals surface area (Å²) in [6.07, 6.45) is 0. The van der Waals surface area contributed by atoms with Gasteiger partial charge in [0.2, 0.25) is 0 Å². The number of ether oxygens (including phenoxy) is 3. The average molecular weight is 296 g/mol. The topological polar surface area (TPSA) is 57.0 Å². The largest absolute Gasteiger partial charge is 0.383 e. The number of nitrogens with zero attached hydrogens (tertiary/aromatic N) is 1. The summed E-state index contributed by atoms with van der Waals surface area (Å²) in [4.78, 5) is 2.30. The molecule has 21 heavy (non-hydrogen) atoms. The standard InChI is InChI=1S/C16H28N2O3/c1-19-9-7-18(8-10-20-2)16(12-17)15-6-4-5-14(11-15)13-21-3/h4-6,11,16H,7-10,12-13,17H2,1-3H3. The maximum absolute atomic E-state index is 6.02. The minimum Gasteiger partial charge on any atom is -0.383 e. The van der Waals surface area contributed by atoms with Crippen LogP contribution in [0.25, 0.3) is 0 Å². The van der Waals surface area contributed by atoms with Crippen LogP contribution in [0, 0.1) is 0 Å². The number of hydrogen-bond donors (Lipinski definition) is 1. The molecule has 120 valence electrons. The van der Waals surface area contributed by atoms with Crippen molar-refractivity contribution in [2.24, 2.45) is 5.73 Å². The van der Waals surface area contributed by atoms with E-state index in [0.717, 1.165) is 18.7 Å². The van der Waals surface area contributed by atoms with Crippen LogP contribution in [-0.2, 0) is 20.8 Å². The van der Waals surface area contributed by atoms with Gasteiger partial charge in [-0.15, -0.1) is 0 Å². The molecule has 0 aliphatic carbocycles. The van der Waals surface area contributed by atoms with Gasteiger partial charge in [-0.25, -0.2) is 0 Å². The van der Waals surface area contributed by atoms with Gasteiger partial charge in [-0.3, -0.25) is 4.90 Å². The van der Waals surface area contributed by atoms with E-state index >= 15 is 0 Å². The normalized spacial score (nSPS) is 12.8. The molecule has 0 aliphatic heterocycles. The maximum Gasteiger partial charge on any atom is 0.0713 e. The second-order valence-corrected chi connectivity index (χ2v) is 4.95. The van der Waals surface area contributed by atoms with Crippen molar-refractivity contribution >= 4 is 0 Å². The first-order valence-electron chi connectivity index (χ1n) is 7.26. The third kappa shape index (κ3) is 6.11. The fourth-order valence-electron chi connectivity index (χ4n) is 2.39. The molecule has 1 atom stereocenters. The summed E-state index contributed by atoms with van der Waals surface area (Å²) in [6, 6.07) is 8.55. The van der Waals surface area contributed by atoms with Crippen LogP contribution >= 0.6 is 0 Å². The molecule has 0 saturated carbocycles. The lowest BCUT2D eigenvalue weighted by molar-refractivity contribution is 0.0890. The Kier molecular flexibility index (Phi) is 9.21. The van der Waals surface area contributed by atoms with E-state index in [4.69, 9.17) is 19.9 Å². The molecule has 0 aromatic heterocycles. The minimum absolute atomic E-state index is 0.159. The molecule has 0 aliphatic rings. The molecule has 0 fully saturated rings. The van der Waals surface area contributed by atoms with Gasteiger partial charge < -0.3 is 19.9 Å². The van der Waals surface area contributed by atoms with Gasteiger partial charge in [0.05, 0.1) is 19.8 Å². The van der Waals surface area contributed by atoms with E-state index in [1.54, 1.807) is 21.3 Å². The van der Waals surface area contributed by atoms with Crippen LogP contribution in [-0.4, -0.2) is 59.1 Å². The van der Waals surface area contributed by atoms with Crippen LogP contribution in [0.4, 0.5) is 0 Å². The molecule has 1 aromatic carbocycles. The number of hydrogen-bond acceptors (Lipinski definition) is 5. The lowest BCUT2D eigenvalue weighted by Gasteiger charge is -2.31. The van der Waals surface area contributed by atoms with Crippen LogP contribution in [0.15, 0.2) is 24.3 Å². The van der Waals surface area contributed by atoms with E-state index in [0.29, 0.717) is 26.4 Å². The summed E-state index contributed by atoms with van der Waals surface area (Å²) in [5, 5.41) is 0. The Morgan fingerprint density at radius 2 is 1.71 bits per heavy atom. The smallest absolute Gasteiger partial charge is 0.0713 e. The Morgan fingerprint density at radius 1 is 1.05 bits per heavy atom. The molecule has 0 spiro atoms. The van der Waals surface area contributed by atoms with E-state index < -0.39 is 0 Å². The van der Waals surface area contributed by atoms with Crippen molar-refractivity contribution < 1.29 is 14.2 Å². The summed E-state index contributed by atoms with van der Waals surface area (Å²) in [7, 11) is 5.13. The van der Waals surface area contributed by atoms with Crippen molar-refractivity contribution in [1.82, 2.24) is 4.90 Å². The highest BCUT2D eigenvalue weighted by Crippen LogP contribution is 2.21. The Morgan fingerprint density at radius 3 is 2.24 bits per heavy atom. The lowest BCUT2D eigenvalue weighted by atomic mass is 10.0. The molecule has 5 nitrogen and oxygen atoms in total. The third-order valence-electron chi connectivity index (χ3n) is 3.48. The van der Waals surface area contributed by atoms with E-state index in [1.807, 2.05) is 0 Å². The summed E-state index contributed by atoms with van der Waals surface area (Å²) < 4.78 is 15.6. The minimum atomic E-state index is 0.159. The van der Waals surface area contributed by atoms with Crippen molar-refractivity contribution in [3.05, 3.63) is 35.4 Å². The predicted molar refractivity (Wildman–Crippen MR) is 84.3 cm³/mol. The van der Waals surface area contributed by atoms with Crippen molar-refractivity contribution in [3.8, 4) is 0 Å². The quantitative estimate of drug-likeness (QED) is 0.669. The molecular formula is C16H28N2O3. The van der Waals surface area contributed by atoms with Crippen LogP contribution in [0.2, 0.25) is 0 Å². The van der Waals surface area contributed by atoms with Crippen molar-refractivity contribution in [1.29, 1.82) is 0 Å². The van der Waals surface area contributed by atoms with Gasteiger partial charge in [0.1, 0.15) is 0 Å².